The van der Waals surface area contributed by atoms with Crippen LogP contribution in [0.5, 0.6) is 0 Å². The molecule has 1 N–H and O–H groups in total. The Morgan fingerprint density at radius 2 is 2.30 bits per heavy atom. The average Bonchev–Trinajstić information content (AvgIpc) is 2.83. The van der Waals surface area contributed by atoms with Crippen molar-refractivity contribution < 1.29 is 4.74 Å². The summed E-state index contributed by atoms with van der Waals surface area (Å²) in [6, 6.07) is 5.87. The maximum Gasteiger partial charge on any atom is 0.195 e. The fraction of sp³-hybridized carbons (Fsp3) is 0.385. The molecule has 0 unspecified atom stereocenters. The first-order valence-corrected chi connectivity index (χ1v) is 7.40. The van der Waals surface area contributed by atoms with Crippen molar-refractivity contribution in [2.45, 2.75) is 16.6 Å². The van der Waals surface area contributed by atoms with E-state index in [1.165, 1.54) is 0 Å². The number of nitrogens with one attached hydrogen (secondary N) is 1. The number of benzene rings is 1. The number of nitrogens with zero attached hydrogens (tertiary/aromatic N) is 3. The number of rotatable bonds is 7. The third-order valence-corrected chi connectivity index (χ3v) is 4.10. The molecule has 0 saturated carbocycles. The van der Waals surface area contributed by atoms with Crippen LogP contribution in [-0.4, -0.2) is 35.0 Å². The Hall–Kier alpha value is -1.08. The van der Waals surface area contributed by atoms with E-state index in [0.29, 0.717) is 6.61 Å². The molecule has 20 heavy (non-hydrogen) atoms. The van der Waals surface area contributed by atoms with Crippen LogP contribution in [0.2, 0.25) is 5.02 Å². The molecule has 0 aliphatic heterocycles. The Balaban J connectivity index is 2.09. The highest BCUT2D eigenvalue weighted by molar-refractivity contribution is 7.99. The molecule has 0 aliphatic carbocycles. The number of ether oxygens (including phenoxy) is 1. The molecule has 0 atom stereocenters. The third kappa shape index (κ3) is 4.21. The van der Waals surface area contributed by atoms with E-state index in [-0.39, 0.29) is 0 Å². The molecule has 2 rings (SSSR count). The van der Waals surface area contributed by atoms with Crippen molar-refractivity contribution >= 4 is 23.4 Å². The van der Waals surface area contributed by atoms with E-state index in [2.05, 4.69) is 15.5 Å². The third-order valence-electron chi connectivity index (χ3n) is 2.69. The minimum atomic E-state index is 0.687. The van der Waals surface area contributed by atoms with Crippen LogP contribution in [0.4, 0.5) is 0 Å². The average molecular weight is 313 g/mol. The summed E-state index contributed by atoms with van der Waals surface area (Å²) in [5.74, 6) is 0. The first-order valence-electron chi connectivity index (χ1n) is 6.20. The molecule has 0 spiro atoms. The van der Waals surface area contributed by atoms with E-state index in [9.17, 15) is 0 Å². The van der Waals surface area contributed by atoms with Gasteiger partial charge in [0.25, 0.3) is 0 Å². The Kier molecular flexibility index (Phi) is 5.85. The predicted molar refractivity (Wildman–Crippen MR) is 80.2 cm³/mol. The Bertz CT molecular complexity index is 561. The Morgan fingerprint density at radius 1 is 1.45 bits per heavy atom. The van der Waals surface area contributed by atoms with Crippen LogP contribution < -0.4 is 5.32 Å². The molecule has 0 radical (unpaired) electrons. The summed E-state index contributed by atoms with van der Waals surface area (Å²) in [5.41, 5.74) is 1.14. The van der Waals surface area contributed by atoms with Crippen molar-refractivity contribution in [3.63, 3.8) is 0 Å². The molecular formula is C13H17ClN4OS. The lowest BCUT2D eigenvalue weighted by Crippen LogP contribution is -2.18. The number of halogens is 1. The van der Waals surface area contributed by atoms with Gasteiger partial charge in [0.2, 0.25) is 0 Å². The summed E-state index contributed by atoms with van der Waals surface area (Å²) in [4.78, 5) is 1.12. The van der Waals surface area contributed by atoms with E-state index in [0.717, 1.165) is 33.7 Å². The number of methoxy groups -OCH3 is 1. The highest BCUT2D eigenvalue weighted by atomic mass is 35.5. The molecule has 0 aliphatic rings. The van der Waals surface area contributed by atoms with Crippen LogP contribution in [0.25, 0.3) is 0 Å². The quantitative estimate of drug-likeness (QED) is 0.795. The van der Waals surface area contributed by atoms with Crippen molar-refractivity contribution in [2.24, 2.45) is 7.05 Å². The minimum absolute atomic E-state index is 0.687. The van der Waals surface area contributed by atoms with E-state index in [1.807, 2.05) is 29.8 Å². The van der Waals surface area contributed by atoms with Crippen LogP contribution in [-0.2, 0) is 18.3 Å². The zero-order chi connectivity index (χ0) is 14.4. The van der Waals surface area contributed by atoms with Crippen LogP contribution in [0.1, 0.15) is 5.56 Å². The van der Waals surface area contributed by atoms with Gasteiger partial charge in [-0.25, -0.2) is 0 Å². The van der Waals surface area contributed by atoms with Gasteiger partial charge in [-0.15, -0.1) is 10.2 Å². The van der Waals surface area contributed by atoms with Gasteiger partial charge in [0.05, 0.1) is 6.61 Å². The van der Waals surface area contributed by atoms with Gasteiger partial charge in [-0.2, -0.15) is 0 Å². The molecule has 7 heteroatoms. The van der Waals surface area contributed by atoms with Crippen LogP contribution in [0.15, 0.2) is 34.6 Å². The summed E-state index contributed by atoms with van der Waals surface area (Å²) in [6.45, 7) is 2.23. The van der Waals surface area contributed by atoms with Gasteiger partial charge < -0.3 is 14.6 Å². The van der Waals surface area contributed by atoms with Crippen molar-refractivity contribution in [1.29, 1.82) is 0 Å². The Morgan fingerprint density at radius 3 is 3.00 bits per heavy atom. The second-order valence-corrected chi connectivity index (χ2v) is 5.69. The monoisotopic (exact) mass is 312 g/mol. The molecule has 0 amide bonds. The normalized spacial score (nSPS) is 10.9. The number of aromatic nitrogens is 3. The van der Waals surface area contributed by atoms with Crippen molar-refractivity contribution in [3.05, 3.63) is 35.1 Å². The SMILES string of the molecule is COCCNCc1cc(Cl)ccc1Sc1nncn1C. The molecule has 0 fully saturated rings. The molecule has 2 aromatic rings. The van der Waals surface area contributed by atoms with Gasteiger partial charge in [-0.1, -0.05) is 11.6 Å². The molecule has 1 aromatic carbocycles. The van der Waals surface area contributed by atoms with Crippen LogP contribution in [0.3, 0.4) is 0 Å². The van der Waals surface area contributed by atoms with E-state index < -0.39 is 0 Å². The van der Waals surface area contributed by atoms with Gasteiger partial charge in [0, 0.05) is 37.2 Å². The maximum absolute atomic E-state index is 6.08. The zero-order valence-corrected chi connectivity index (χ0v) is 13.0. The largest absolute Gasteiger partial charge is 0.383 e. The lowest BCUT2D eigenvalue weighted by molar-refractivity contribution is 0.199. The number of hydrogen-bond donors (Lipinski definition) is 1. The van der Waals surface area contributed by atoms with Crippen molar-refractivity contribution in [1.82, 2.24) is 20.1 Å². The van der Waals surface area contributed by atoms with Crippen LogP contribution in [0, 0.1) is 0 Å². The summed E-state index contributed by atoms with van der Waals surface area (Å²) >= 11 is 7.65. The minimum Gasteiger partial charge on any atom is -0.383 e. The number of hydrogen-bond acceptors (Lipinski definition) is 5. The van der Waals surface area contributed by atoms with E-state index >= 15 is 0 Å². The highest BCUT2D eigenvalue weighted by Crippen LogP contribution is 2.30. The van der Waals surface area contributed by atoms with Crippen LogP contribution >= 0.6 is 23.4 Å². The van der Waals surface area contributed by atoms with Gasteiger partial charge in [0.1, 0.15) is 6.33 Å². The fourth-order valence-electron chi connectivity index (χ4n) is 1.65. The van der Waals surface area contributed by atoms with E-state index in [4.69, 9.17) is 16.3 Å². The smallest absolute Gasteiger partial charge is 0.195 e. The van der Waals surface area contributed by atoms with Crippen molar-refractivity contribution in [2.75, 3.05) is 20.3 Å². The van der Waals surface area contributed by atoms with Gasteiger partial charge in [-0.3, -0.25) is 0 Å². The topological polar surface area (TPSA) is 52.0 Å². The predicted octanol–water partition coefficient (Wildman–Crippen LogP) is 2.36. The molecule has 0 saturated heterocycles. The number of aryl methyl sites for hydroxylation is 1. The summed E-state index contributed by atoms with van der Waals surface area (Å²) < 4.78 is 6.91. The van der Waals surface area contributed by atoms with Gasteiger partial charge >= 0.3 is 0 Å². The summed E-state index contributed by atoms with van der Waals surface area (Å²) in [7, 11) is 3.62. The highest BCUT2D eigenvalue weighted by Gasteiger charge is 2.09. The molecule has 108 valence electrons. The maximum atomic E-state index is 6.08. The van der Waals surface area contributed by atoms with E-state index in [1.54, 1.807) is 25.2 Å². The first kappa shape index (κ1) is 15.3. The molecule has 5 nitrogen and oxygen atoms in total. The molecule has 0 bridgehead atoms. The standard InChI is InChI=1S/C13H17ClN4OS/c1-18-9-16-17-13(18)20-12-4-3-11(14)7-10(12)8-15-5-6-19-2/h3-4,7,9,15H,5-6,8H2,1-2H3. The second kappa shape index (κ2) is 7.64. The molecule has 1 aromatic heterocycles. The van der Waals surface area contributed by atoms with Crippen molar-refractivity contribution in [3.8, 4) is 0 Å². The Labute approximate surface area is 127 Å². The summed E-state index contributed by atoms with van der Waals surface area (Å²) in [5, 5.41) is 12.9. The first-order chi connectivity index (χ1) is 9.70. The van der Waals surface area contributed by atoms with Gasteiger partial charge in [0.15, 0.2) is 5.16 Å². The molecule has 1 heterocycles. The van der Waals surface area contributed by atoms with Gasteiger partial charge in [-0.05, 0) is 35.5 Å². The lowest BCUT2D eigenvalue weighted by Gasteiger charge is -2.10. The fourth-order valence-corrected chi connectivity index (χ4v) is 2.72. The lowest BCUT2D eigenvalue weighted by atomic mass is 10.2. The molecular weight excluding hydrogens is 296 g/mol. The zero-order valence-electron chi connectivity index (χ0n) is 11.5. The summed E-state index contributed by atoms with van der Waals surface area (Å²) in [6.07, 6.45) is 1.69. The second-order valence-electron chi connectivity index (χ2n) is 4.25.